The van der Waals surface area contributed by atoms with Gasteiger partial charge in [0.25, 0.3) is 0 Å². The summed E-state index contributed by atoms with van der Waals surface area (Å²) in [6.07, 6.45) is 15.5. The Hall–Kier alpha value is -2.42. The van der Waals surface area contributed by atoms with Gasteiger partial charge in [-0.1, -0.05) is 6.92 Å². The van der Waals surface area contributed by atoms with Gasteiger partial charge in [0.1, 0.15) is 0 Å². The van der Waals surface area contributed by atoms with Crippen molar-refractivity contribution in [2.75, 3.05) is 6.54 Å². The Balaban J connectivity index is 1.44. The molecular formula is C44H59GeNO3S2. The molecule has 7 heteroatoms. The Labute approximate surface area is 317 Å². The zero-order valence-corrected chi connectivity index (χ0v) is 35.9. The van der Waals surface area contributed by atoms with Crippen molar-refractivity contribution in [2.45, 2.75) is 137 Å². The summed E-state index contributed by atoms with van der Waals surface area (Å²) in [5, 5.41) is 1.25. The molecule has 5 heterocycles. The molecule has 0 radical (unpaired) electrons. The van der Waals surface area contributed by atoms with Crippen LogP contribution in [0.2, 0.25) is 5.25 Å². The number of furan rings is 1. The van der Waals surface area contributed by atoms with Crippen molar-refractivity contribution in [1.82, 2.24) is 4.90 Å². The standard InChI is InChI=1S/C44H59GeNO3S2/c1-8-13-16-17-20-33-21-23-34(24-22-33)45(27-31(11-4)18-14-9-2)35-25-29(6)50-41(35)42-36(45)26-37(51-42)40-39-38(30(7)49-40)43(47)46(44(39)48)28-32(12-5)19-15-10-3/h21-26,31-32H,8-20,27-28H2,1-7H3. The van der Waals surface area contributed by atoms with Gasteiger partial charge in [0.15, 0.2) is 0 Å². The number of rotatable bonds is 19. The molecule has 0 saturated carbocycles. The van der Waals surface area contributed by atoms with Gasteiger partial charge in [0.05, 0.1) is 0 Å². The fourth-order valence-electron chi connectivity index (χ4n) is 8.75. The van der Waals surface area contributed by atoms with Crippen LogP contribution in [0.25, 0.3) is 20.4 Å². The maximum atomic E-state index is 14.2. The molecule has 0 spiro atoms. The van der Waals surface area contributed by atoms with Crippen LogP contribution in [0, 0.1) is 25.7 Å². The van der Waals surface area contributed by atoms with Crippen molar-refractivity contribution >= 4 is 60.9 Å². The van der Waals surface area contributed by atoms with Crippen LogP contribution in [0.5, 0.6) is 0 Å². The predicted molar refractivity (Wildman–Crippen MR) is 221 cm³/mol. The molecule has 0 saturated heterocycles. The SMILES string of the molecule is CCCCCCc1cc[c]([Ge]2([CH2]C(CC)CCCC)[c]3cc(C)sc3-c3sc(-c4oc(C)c5c4C(=O)N(CC(CC)CCCC)C5=O)c[c]32)cc1. The normalized spacial score (nSPS) is 17.7. The maximum absolute atomic E-state index is 14.2. The van der Waals surface area contributed by atoms with Gasteiger partial charge in [-0.25, -0.2) is 0 Å². The van der Waals surface area contributed by atoms with Gasteiger partial charge in [0, 0.05) is 0 Å². The summed E-state index contributed by atoms with van der Waals surface area (Å²) in [4.78, 5) is 34.7. The van der Waals surface area contributed by atoms with Crippen molar-refractivity contribution in [3.63, 3.8) is 0 Å². The molecule has 6 rings (SSSR count). The number of aryl methyl sites for hydroxylation is 3. The topological polar surface area (TPSA) is 50.5 Å². The van der Waals surface area contributed by atoms with E-state index in [4.69, 9.17) is 4.42 Å². The number of carbonyl (C=O) groups is 2. The molecule has 2 aliphatic heterocycles. The number of benzene rings is 1. The second kappa shape index (κ2) is 16.7. The molecule has 3 unspecified atom stereocenters. The van der Waals surface area contributed by atoms with Crippen molar-refractivity contribution in [3.8, 4) is 20.4 Å². The number of hydrogen-bond acceptors (Lipinski definition) is 5. The molecule has 51 heavy (non-hydrogen) atoms. The molecule has 3 atom stereocenters. The van der Waals surface area contributed by atoms with Crippen LogP contribution in [0.4, 0.5) is 0 Å². The molecule has 0 fully saturated rings. The number of unbranched alkanes of at least 4 members (excludes halogenated alkanes) is 5. The molecule has 4 aromatic rings. The number of carbonyl (C=O) groups excluding carboxylic acids is 2. The van der Waals surface area contributed by atoms with E-state index in [9.17, 15) is 9.59 Å². The second-order valence-corrected chi connectivity index (χ2v) is 25.8. The summed E-state index contributed by atoms with van der Waals surface area (Å²) >= 11 is 0.555. The summed E-state index contributed by atoms with van der Waals surface area (Å²) in [5.41, 5.74) is 2.42. The summed E-state index contributed by atoms with van der Waals surface area (Å²) in [6.45, 7) is 16.0. The van der Waals surface area contributed by atoms with Crippen LogP contribution in [0.15, 0.2) is 40.8 Å². The van der Waals surface area contributed by atoms with Crippen LogP contribution in [0.3, 0.4) is 0 Å². The van der Waals surface area contributed by atoms with Crippen LogP contribution in [-0.4, -0.2) is 36.5 Å². The molecule has 0 aliphatic carbocycles. The Morgan fingerprint density at radius 2 is 1.35 bits per heavy atom. The number of fused-ring (bicyclic) bond motifs is 4. The fourth-order valence-corrected chi connectivity index (χ4v) is 25.8. The minimum absolute atomic E-state index is 0.175. The van der Waals surface area contributed by atoms with Crippen molar-refractivity contribution in [2.24, 2.45) is 11.8 Å². The minimum atomic E-state index is -3.18. The molecular weight excluding hydrogens is 727 g/mol. The molecule has 1 aromatic carbocycles. The van der Waals surface area contributed by atoms with Crippen LogP contribution in [-0.2, 0) is 6.42 Å². The van der Waals surface area contributed by atoms with E-state index < -0.39 is 13.3 Å². The molecule has 2 aliphatic rings. The first-order valence-corrected chi connectivity index (χ1v) is 26.3. The van der Waals surface area contributed by atoms with Crippen LogP contribution in [0.1, 0.15) is 149 Å². The van der Waals surface area contributed by atoms with E-state index in [0.29, 0.717) is 41.0 Å². The zero-order valence-electron chi connectivity index (χ0n) is 32.2. The average Bonchev–Trinajstić information content (AvgIpc) is 3.92. The Morgan fingerprint density at radius 1 is 0.725 bits per heavy atom. The third-order valence-corrected chi connectivity index (χ3v) is 25.7. The Morgan fingerprint density at radius 3 is 2.02 bits per heavy atom. The van der Waals surface area contributed by atoms with Gasteiger partial charge < -0.3 is 0 Å². The zero-order chi connectivity index (χ0) is 36.3. The molecule has 2 amide bonds. The number of imide groups is 1. The fraction of sp³-hybridized carbons (Fsp3) is 0.545. The summed E-state index contributed by atoms with van der Waals surface area (Å²) in [6, 6.07) is 14.8. The summed E-state index contributed by atoms with van der Waals surface area (Å²) in [5.74, 6) is 1.81. The number of amides is 2. The first-order valence-electron chi connectivity index (χ1n) is 20.1. The molecule has 4 nitrogen and oxygen atoms in total. The number of thiophene rings is 2. The number of hydrogen-bond donors (Lipinski definition) is 0. The van der Waals surface area contributed by atoms with E-state index in [0.717, 1.165) is 37.0 Å². The Bertz CT molecular complexity index is 1830. The molecule has 0 N–H and O–H groups in total. The van der Waals surface area contributed by atoms with Gasteiger partial charge >= 0.3 is 313 Å². The van der Waals surface area contributed by atoms with E-state index in [2.05, 4.69) is 77.9 Å². The van der Waals surface area contributed by atoms with Gasteiger partial charge in [-0.3, -0.25) is 0 Å². The van der Waals surface area contributed by atoms with E-state index in [1.165, 1.54) is 86.1 Å². The van der Waals surface area contributed by atoms with Crippen molar-refractivity contribution < 1.29 is 14.0 Å². The molecule has 3 aromatic heterocycles. The average molecular weight is 787 g/mol. The Kier molecular flexibility index (Phi) is 12.6. The van der Waals surface area contributed by atoms with E-state index in [1.807, 2.05) is 18.3 Å². The van der Waals surface area contributed by atoms with E-state index >= 15 is 0 Å². The van der Waals surface area contributed by atoms with Crippen molar-refractivity contribution in [1.29, 1.82) is 0 Å². The number of nitrogens with zero attached hydrogens (tertiary/aromatic N) is 1. The second-order valence-electron chi connectivity index (χ2n) is 15.4. The quantitative estimate of drug-likeness (QED) is 0.0540. The molecule has 274 valence electrons. The first kappa shape index (κ1) is 38.3. The van der Waals surface area contributed by atoms with Gasteiger partial charge in [-0.05, 0) is 0 Å². The summed E-state index contributed by atoms with van der Waals surface area (Å²) < 4.78 is 11.2. The summed E-state index contributed by atoms with van der Waals surface area (Å²) in [7, 11) is 0. The first-order chi connectivity index (χ1) is 24.7. The van der Waals surface area contributed by atoms with Gasteiger partial charge in [-0.2, -0.15) is 0 Å². The van der Waals surface area contributed by atoms with Gasteiger partial charge in [-0.15, -0.1) is 0 Å². The van der Waals surface area contributed by atoms with E-state index in [1.54, 1.807) is 20.1 Å². The van der Waals surface area contributed by atoms with Gasteiger partial charge in [0.2, 0.25) is 0 Å². The van der Waals surface area contributed by atoms with Crippen LogP contribution < -0.4 is 13.2 Å². The van der Waals surface area contributed by atoms with Crippen LogP contribution >= 0.6 is 22.7 Å². The third-order valence-electron chi connectivity index (χ3n) is 11.8. The predicted octanol–water partition coefficient (Wildman–Crippen LogP) is 11.3. The van der Waals surface area contributed by atoms with E-state index in [-0.39, 0.29) is 11.8 Å². The third kappa shape index (κ3) is 7.27. The molecule has 0 bridgehead atoms. The monoisotopic (exact) mass is 787 g/mol. The van der Waals surface area contributed by atoms with Crippen molar-refractivity contribution in [3.05, 3.63) is 63.7 Å².